The number of benzene rings is 1. The van der Waals surface area contributed by atoms with Gasteiger partial charge >= 0.3 is 0 Å². The standard InChI is InChI=1S/C16H20N2O7S/c1-24-14-5-4-12(18(20)21)8-15(14)25-9-16(19)17(11-2-3-11)13-6-7-26(22,23)10-13/h4-5,8,11,13H,2-3,6-7,9-10H2,1H3/t13-/m0/s1. The molecule has 142 valence electrons. The van der Waals surface area contributed by atoms with Crippen LogP contribution in [0.5, 0.6) is 11.5 Å². The minimum absolute atomic E-state index is 0.0185. The average Bonchev–Trinajstić information content (AvgIpc) is 3.36. The molecule has 1 saturated carbocycles. The lowest BCUT2D eigenvalue weighted by Gasteiger charge is -2.28. The lowest BCUT2D eigenvalue weighted by molar-refractivity contribution is -0.385. The first-order valence-corrected chi connectivity index (χ1v) is 10.1. The van der Waals surface area contributed by atoms with E-state index in [1.807, 2.05) is 0 Å². The molecular formula is C16H20N2O7S. The van der Waals surface area contributed by atoms with Gasteiger partial charge in [-0.05, 0) is 25.3 Å². The predicted octanol–water partition coefficient (Wildman–Crippen LogP) is 1.16. The summed E-state index contributed by atoms with van der Waals surface area (Å²) in [7, 11) is -1.70. The number of nitrogens with zero attached hydrogens (tertiary/aromatic N) is 2. The normalized spacial score (nSPS) is 21.2. The number of hydrogen-bond acceptors (Lipinski definition) is 7. The summed E-state index contributed by atoms with van der Waals surface area (Å²) in [6, 6.07) is 3.62. The number of nitro benzene ring substituents is 1. The van der Waals surface area contributed by atoms with E-state index in [-0.39, 0.29) is 53.3 Å². The number of carbonyl (C=O) groups is 1. The van der Waals surface area contributed by atoms with Gasteiger partial charge in [-0.25, -0.2) is 8.42 Å². The van der Waals surface area contributed by atoms with Crippen LogP contribution in [0.1, 0.15) is 19.3 Å². The number of methoxy groups -OCH3 is 1. The van der Waals surface area contributed by atoms with Gasteiger partial charge < -0.3 is 14.4 Å². The van der Waals surface area contributed by atoms with E-state index in [0.29, 0.717) is 6.42 Å². The minimum Gasteiger partial charge on any atom is -0.493 e. The molecular weight excluding hydrogens is 364 g/mol. The van der Waals surface area contributed by atoms with Crippen LogP contribution in [0.25, 0.3) is 0 Å². The van der Waals surface area contributed by atoms with E-state index >= 15 is 0 Å². The van der Waals surface area contributed by atoms with Crippen LogP contribution >= 0.6 is 0 Å². The van der Waals surface area contributed by atoms with Crippen molar-refractivity contribution in [1.29, 1.82) is 0 Å². The summed E-state index contributed by atoms with van der Waals surface area (Å²) in [5.74, 6) is 0.140. The van der Waals surface area contributed by atoms with Crippen LogP contribution < -0.4 is 9.47 Å². The highest BCUT2D eigenvalue weighted by Gasteiger charge is 2.42. The number of hydrogen-bond donors (Lipinski definition) is 0. The highest BCUT2D eigenvalue weighted by molar-refractivity contribution is 7.91. The third-order valence-corrected chi connectivity index (χ3v) is 6.29. The van der Waals surface area contributed by atoms with Crippen LogP contribution in [-0.2, 0) is 14.6 Å². The van der Waals surface area contributed by atoms with Crippen LogP contribution in [0, 0.1) is 10.1 Å². The van der Waals surface area contributed by atoms with E-state index in [1.165, 1.54) is 25.3 Å². The zero-order chi connectivity index (χ0) is 18.9. The molecule has 0 spiro atoms. The molecule has 1 aromatic rings. The van der Waals surface area contributed by atoms with E-state index < -0.39 is 14.8 Å². The Balaban J connectivity index is 1.71. The Labute approximate surface area is 150 Å². The first kappa shape index (κ1) is 18.4. The van der Waals surface area contributed by atoms with Crippen molar-refractivity contribution in [3.63, 3.8) is 0 Å². The largest absolute Gasteiger partial charge is 0.493 e. The van der Waals surface area contributed by atoms with Crippen LogP contribution in [0.3, 0.4) is 0 Å². The van der Waals surface area contributed by atoms with Crippen molar-refractivity contribution in [2.45, 2.75) is 31.3 Å². The topological polar surface area (TPSA) is 116 Å². The van der Waals surface area contributed by atoms with Crippen LogP contribution in [0.15, 0.2) is 18.2 Å². The van der Waals surface area contributed by atoms with Crippen LogP contribution in [0.2, 0.25) is 0 Å². The first-order chi connectivity index (χ1) is 12.3. The van der Waals surface area contributed by atoms with E-state index in [1.54, 1.807) is 4.90 Å². The summed E-state index contributed by atoms with van der Waals surface area (Å²) in [6.07, 6.45) is 2.13. The molecule has 0 N–H and O–H groups in total. The molecule has 2 aliphatic rings. The van der Waals surface area contributed by atoms with Crippen molar-refractivity contribution < 1.29 is 27.6 Å². The second-order valence-electron chi connectivity index (χ2n) is 6.47. The maximum absolute atomic E-state index is 12.6. The Morgan fingerprint density at radius 3 is 2.54 bits per heavy atom. The molecule has 0 radical (unpaired) electrons. The van der Waals surface area contributed by atoms with Gasteiger partial charge in [-0.15, -0.1) is 0 Å². The second-order valence-corrected chi connectivity index (χ2v) is 8.70. The number of carbonyl (C=O) groups excluding carboxylic acids is 1. The summed E-state index contributed by atoms with van der Waals surface area (Å²) in [5, 5.41) is 10.9. The zero-order valence-electron chi connectivity index (χ0n) is 14.3. The van der Waals surface area contributed by atoms with Gasteiger partial charge in [0.25, 0.3) is 11.6 Å². The van der Waals surface area contributed by atoms with Gasteiger partial charge in [0.1, 0.15) is 0 Å². The average molecular weight is 384 g/mol. The summed E-state index contributed by atoms with van der Waals surface area (Å²) < 4.78 is 34.0. The third kappa shape index (κ3) is 4.06. The number of rotatable bonds is 7. The lowest BCUT2D eigenvalue weighted by atomic mass is 10.2. The number of nitro groups is 1. The molecule has 0 unspecified atom stereocenters. The smallest absolute Gasteiger partial charge is 0.273 e. The van der Waals surface area contributed by atoms with Gasteiger partial charge in [0.05, 0.1) is 29.6 Å². The molecule has 3 rings (SSSR count). The Morgan fingerprint density at radius 1 is 1.27 bits per heavy atom. The molecule has 10 heteroatoms. The molecule has 9 nitrogen and oxygen atoms in total. The second kappa shape index (κ2) is 7.10. The Kier molecular flexibility index (Phi) is 5.03. The highest BCUT2D eigenvalue weighted by atomic mass is 32.2. The summed E-state index contributed by atoms with van der Waals surface area (Å²) in [4.78, 5) is 24.6. The van der Waals surface area contributed by atoms with E-state index in [9.17, 15) is 23.3 Å². The number of amides is 1. The van der Waals surface area contributed by atoms with Gasteiger partial charge in [-0.2, -0.15) is 0 Å². The molecule has 1 aliphatic heterocycles. The van der Waals surface area contributed by atoms with Gasteiger partial charge in [0.15, 0.2) is 27.9 Å². The first-order valence-electron chi connectivity index (χ1n) is 8.27. The van der Waals surface area contributed by atoms with E-state index in [0.717, 1.165) is 12.8 Å². The number of sulfone groups is 1. The Morgan fingerprint density at radius 2 is 2.00 bits per heavy atom. The van der Waals surface area contributed by atoms with Gasteiger partial charge in [0, 0.05) is 18.2 Å². The highest BCUT2D eigenvalue weighted by Crippen LogP contribution is 2.34. The molecule has 26 heavy (non-hydrogen) atoms. The number of non-ortho nitro benzene ring substituents is 1. The fourth-order valence-corrected chi connectivity index (χ4v) is 4.87. The quantitative estimate of drug-likeness (QED) is 0.511. The molecule has 1 atom stereocenters. The molecule has 1 aromatic carbocycles. The summed E-state index contributed by atoms with van der Waals surface area (Å²) >= 11 is 0. The molecule has 1 aliphatic carbocycles. The SMILES string of the molecule is COc1ccc([N+](=O)[O-])cc1OCC(=O)N(C1CC1)[C@H]1CCS(=O)(=O)C1. The zero-order valence-corrected chi connectivity index (χ0v) is 15.1. The van der Waals surface area contributed by atoms with Gasteiger partial charge in [-0.1, -0.05) is 0 Å². The van der Waals surface area contributed by atoms with Gasteiger partial charge in [0.2, 0.25) is 0 Å². The maximum atomic E-state index is 12.6. The monoisotopic (exact) mass is 384 g/mol. The molecule has 1 saturated heterocycles. The van der Waals surface area contributed by atoms with Gasteiger partial charge in [-0.3, -0.25) is 14.9 Å². The van der Waals surface area contributed by atoms with Crippen molar-refractivity contribution >= 4 is 21.4 Å². The molecule has 2 fully saturated rings. The Bertz CT molecular complexity index is 820. The van der Waals surface area contributed by atoms with Crippen molar-refractivity contribution in [2.75, 3.05) is 25.2 Å². The fraction of sp³-hybridized carbons (Fsp3) is 0.562. The predicted molar refractivity (Wildman–Crippen MR) is 92.1 cm³/mol. The Hall–Kier alpha value is -2.36. The van der Waals surface area contributed by atoms with Crippen molar-refractivity contribution in [1.82, 2.24) is 4.90 Å². The summed E-state index contributed by atoms with van der Waals surface area (Å²) in [5.41, 5.74) is -0.172. The van der Waals surface area contributed by atoms with Crippen molar-refractivity contribution in [3.8, 4) is 11.5 Å². The molecule has 0 bridgehead atoms. The van der Waals surface area contributed by atoms with Crippen molar-refractivity contribution in [3.05, 3.63) is 28.3 Å². The van der Waals surface area contributed by atoms with Crippen LogP contribution in [0.4, 0.5) is 5.69 Å². The third-order valence-electron chi connectivity index (χ3n) is 4.54. The van der Waals surface area contributed by atoms with Crippen LogP contribution in [-0.4, -0.2) is 61.5 Å². The fourth-order valence-electron chi connectivity index (χ4n) is 3.16. The van der Waals surface area contributed by atoms with E-state index in [2.05, 4.69) is 0 Å². The minimum atomic E-state index is -3.10. The molecule has 1 amide bonds. The van der Waals surface area contributed by atoms with E-state index in [4.69, 9.17) is 9.47 Å². The lowest BCUT2D eigenvalue weighted by Crippen LogP contribution is -2.45. The molecule has 1 heterocycles. The molecule has 0 aromatic heterocycles. The summed E-state index contributed by atoms with van der Waals surface area (Å²) in [6.45, 7) is -0.329. The maximum Gasteiger partial charge on any atom is 0.273 e. The van der Waals surface area contributed by atoms with Crippen molar-refractivity contribution in [2.24, 2.45) is 0 Å². The number of ether oxygens (including phenoxy) is 2.